The summed E-state index contributed by atoms with van der Waals surface area (Å²) in [7, 11) is 0. The Bertz CT molecular complexity index is 1110. The molecule has 0 bridgehead atoms. The van der Waals surface area contributed by atoms with Gasteiger partial charge in [0.2, 0.25) is 0 Å². The predicted octanol–water partition coefficient (Wildman–Crippen LogP) is 3.78. The van der Waals surface area contributed by atoms with Gasteiger partial charge in [-0.3, -0.25) is 9.78 Å². The van der Waals surface area contributed by atoms with Crippen LogP contribution >= 0.6 is 0 Å². The average Bonchev–Trinajstić information content (AvgIpc) is 3.17. The van der Waals surface area contributed by atoms with Crippen molar-refractivity contribution in [3.8, 4) is 16.9 Å². The molecule has 0 radical (unpaired) electrons. The molecule has 0 aliphatic carbocycles. The third-order valence-electron chi connectivity index (χ3n) is 4.67. The molecule has 0 fully saturated rings. The van der Waals surface area contributed by atoms with Gasteiger partial charge in [0.25, 0.3) is 12.5 Å². The number of rotatable bonds is 5. The van der Waals surface area contributed by atoms with E-state index < -0.39 is 18.0 Å². The minimum Gasteiger partial charge on any atom is -0.483 e. The van der Waals surface area contributed by atoms with Crippen molar-refractivity contribution in [2.75, 3.05) is 6.61 Å². The number of pyridine rings is 1. The number of carbonyl (C=O) groups is 1. The SMILES string of the molecule is NC1=NC(c2ccc(OC(F)F)cc2)(c2cccc(-c3cncc(F)c3)c2)CO1.O=CO. The van der Waals surface area contributed by atoms with Gasteiger partial charge in [0, 0.05) is 11.8 Å². The van der Waals surface area contributed by atoms with E-state index in [1.807, 2.05) is 24.3 Å². The molecule has 7 nitrogen and oxygen atoms in total. The third-order valence-corrected chi connectivity index (χ3v) is 4.67. The number of nitrogens with two attached hydrogens (primary N) is 1. The Hall–Kier alpha value is -4.08. The smallest absolute Gasteiger partial charge is 0.387 e. The summed E-state index contributed by atoms with van der Waals surface area (Å²) in [5, 5.41) is 6.89. The molecule has 1 atom stereocenters. The molecule has 1 unspecified atom stereocenters. The molecule has 0 spiro atoms. The first-order valence-electron chi connectivity index (χ1n) is 9.21. The summed E-state index contributed by atoms with van der Waals surface area (Å²) in [6, 6.07) is 14.9. The summed E-state index contributed by atoms with van der Waals surface area (Å²) in [6.45, 7) is -3.02. The number of hydrogen-bond acceptors (Lipinski definition) is 6. The second-order valence-corrected chi connectivity index (χ2v) is 6.58. The zero-order valence-corrected chi connectivity index (χ0v) is 16.5. The van der Waals surface area contributed by atoms with E-state index in [0.717, 1.165) is 17.3 Å². The van der Waals surface area contributed by atoms with Crippen molar-refractivity contribution in [2.24, 2.45) is 10.7 Å². The molecule has 1 aromatic heterocycles. The summed E-state index contributed by atoms with van der Waals surface area (Å²) in [5.41, 5.74) is 7.62. The first-order chi connectivity index (χ1) is 15.4. The van der Waals surface area contributed by atoms with Crippen molar-refractivity contribution in [1.29, 1.82) is 0 Å². The van der Waals surface area contributed by atoms with E-state index in [2.05, 4.69) is 14.7 Å². The fraction of sp³-hybridized carbons (Fsp3) is 0.136. The lowest BCUT2D eigenvalue weighted by atomic mass is 9.83. The van der Waals surface area contributed by atoms with E-state index in [9.17, 15) is 13.2 Å². The lowest BCUT2D eigenvalue weighted by Gasteiger charge is -2.26. The van der Waals surface area contributed by atoms with Crippen LogP contribution in [0.15, 0.2) is 72.0 Å². The highest BCUT2D eigenvalue weighted by Crippen LogP contribution is 2.39. The Kier molecular flexibility index (Phi) is 6.93. The van der Waals surface area contributed by atoms with Crippen molar-refractivity contribution in [3.63, 3.8) is 0 Å². The van der Waals surface area contributed by atoms with Crippen LogP contribution in [-0.2, 0) is 15.1 Å². The molecular weight excluding hydrogens is 427 g/mol. The molecule has 1 aliphatic heterocycles. The lowest BCUT2D eigenvalue weighted by molar-refractivity contribution is -0.122. The number of halogens is 3. The highest BCUT2D eigenvalue weighted by Gasteiger charge is 2.40. The van der Waals surface area contributed by atoms with Crippen molar-refractivity contribution in [1.82, 2.24) is 4.98 Å². The predicted molar refractivity (Wildman–Crippen MR) is 110 cm³/mol. The average molecular weight is 445 g/mol. The van der Waals surface area contributed by atoms with Gasteiger partial charge in [-0.2, -0.15) is 8.78 Å². The Balaban J connectivity index is 0.000000913. The molecule has 3 N–H and O–H groups in total. The summed E-state index contributed by atoms with van der Waals surface area (Å²) in [5.74, 6) is -0.405. The van der Waals surface area contributed by atoms with Gasteiger partial charge in [0.15, 0.2) is 5.54 Å². The minimum absolute atomic E-state index is 0.0238. The quantitative estimate of drug-likeness (QED) is 0.579. The molecule has 2 heterocycles. The number of carboxylic acid groups (broad SMARTS) is 1. The Morgan fingerprint density at radius 3 is 2.41 bits per heavy atom. The molecular formula is C22H18F3N3O4. The number of aromatic nitrogens is 1. The third kappa shape index (κ3) is 4.97. The van der Waals surface area contributed by atoms with Gasteiger partial charge >= 0.3 is 6.61 Å². The van der Waals surface area contributed by atoms with Crippen LogP contribution in [-0.4, -0.2) is 35.8 Å². The van der Waals surface area contributed by atoms with Gasteiger partial charge < -0.3 is 20.3 Å². The molecule has 2 aromatic carbocycles. The summed E-state index contributed by atoms with van der Waals surface area (Å²) < 4.78 is 48.3. The number of benzene rings is 2. The largest absolute Gasteiger partial charge is 0.483 e. The molecule has 0 saturated heterocycles. The Morgan fingerprint density at radius 1 is 1.09 bits per heavy atom. The van der Waals surface area contributed by atoms with E-state index in [4.69, 9.17) is 20.4 Å². The van der Waals surface area contributed by atoms with Gasteiger partial charge in [-0.25, -0.2) is 9.38 Å². The van der Waals surface area contributed by atoms with Crippen LogP contribution in [0.3, 0.4) is 0 Å². The number of nitrogens with zero attached hydrogens (tertiary/aromatic N) is 2. The molecule has 166 valence electrons. The van der Waals surface area contributed by atoms with E-state index in [0.29, 0.717) is 11.1 Å². The second kappa shape index (κ2) is 9.82. The normalized spacial score (nSPS) is 17.1. The van der Waals surface area contributed by atoms with E-state index >= 15 is 0 Å². The molecule has 4 rings (SSSR count). The molecule has 0 saturated carbocycles. The number of aliphatic imine (C=N–C) groups is 1. The highest BCUT2D eigenvalue weighted by molar-refractivity contribution is 5.75. The fourth-order valence-electron chi connectivity index (χ4n) is 3.33. The lowest BCUT2D eigenvalue weighted by Crippen LogP contribution is -2.27. The summed E-state index contributed by atoms with van der Waals surface area (Å²) in [6.07, 6.45) is 2.70. The maximum Gasteiger partial charge on any atom is 0.387 e. The van der Waals surface area contributed by atoms with E-state index in [1.165, 1.54) is 18.2 Å². The topological polar surface area (TPSA) is 107 Å². The van der Waals surface area contributed by atoms with Gasteiger partial charge in [0.1, 0.15) is 18.2 Å². The van der Waals surface area contributed by atoms with Gasteiger partial charge in [0.05, 0.1) is 6.20 Å². The first-order valence-corrected chi connectivity index (χ1v) is 9.21. The number of amidine groups is 1. The molecule has 32 heavy (non-hydrogen) atoms. The molecule has 1 aliphatic rings. The zero-order valence-electron chi connectivity index (χ0n) is 16.5. The zero-order chi connectivity index (χ0) is 23.1. The van der Waals surface area contributed by atoms with Crippen LogP contribution in [0.4, 0.5) is 13.2 Å². The van der Waals surface area contributed by atoms with Gasteiger partial charge in [-0.05, 0) is 41.0 Å². The summed E-state index contributed by atoms with van der Waals surface area (Å²) in [4.78, 5) is 16.7. The number of ether oxygens (including phenoxy) is 2. The van der Waals surface area contributed by atoms with Gasteiger partial charge in [-0.15, -0.1) is 0 Å². The first kappa shape index (κ1) is 22.6. The van der Waals surface area contributed by atoms with Crippen molar-refractivity contribution in [2.45, 2.75) is 12.2 Å². The fourth-order valence-corrected chi connectivity index (χ4v) is 3.33. The van der Waals surface area contributed by atoms with E-state index in [1.54, 1.807) is 18.3 Å². The van der Waals surface area contributed by atoms with Crippen LogP contribution in [0.2, 0.25) is 0 Å². The number of alkyl halides is 2. The monoisotopic (exact) mass is 445 g/mol. The second-order valence-electron chi connectivity index (χ2n) is 6.58. The van der Waals surface area contributed by atoms with Crippen LogP contribution in [0.5, 0.6) is 5.75 Å². The van der Waals surface area contributed by atoms with Crippen molar-refractivity contribution >= 4 is 12.5 Å². The summed E-state index contributed by atoms with van der Waals surface area (Å²) >= 11 is 0. The highest BCUT2D eigenvalue weighted by atomic mass is 19.3. The molecule has 10 heteroatoms. The number of hydrogen-bond donors (Lipinski definition) is 2. The van der Waals surface area contributed by atoms with E-state index in [-0.39, 0.29) is 24.9 Å². The molecule has 0 amide bonds. The maximum atomic E-state index is 13.6. The minimum atomic E-state index is -2.91. The van der Waals surface area contributed by atoms with Crippen LogP contribution in [0.1, 0.15) is 11.1 Å². The van der Waals surface area contributed by atoms with Gasteiger partial charge in [-0.1, -0.05) is 30.3 Å². The van der Waals surface area contributed by atoms with Crippen molar-refractivity contribution < 1.29 is 32.5 Å². The Morgan fingerprint density at radius 2 is 1.81 bits per heavy atom. The van der Waals surface area contributed by atoms with Crippen LogP contribution in [0.25, 0.3) is 11.1 Å². The van der Waals surface area contributed by atoms with Crippen molar-refractivity contribution in [3.05, 3.63) is 83.9 Å². The maximum absolute atomic E-state index is 13.6. The molecule has 3 aromatic rings. The van der Waals surface area contributed by atoms with Crippen LogP contribution < -0.4 is 10.5 Å². The Labute approximate surface area is 181 Å². The standard InChI is InChI=1S/C21H16F3N3O2.CH2O2/c22-17-9-14(10-26-11-17)13-2-1-3-16(8-13)21(12-28-20(25)27-21)15-4-6-18(7-5-15)29-19(23)24;2-1-3/h1-11,19H,12H2,(H2,25,27);1H,(H,2,3). The van der Waals surface area contributed by atoms with Crippen LogP contribution in [0, 0.1) is 5.82 Å².